The average Bonchev–Trinajstić information content (AvgIpc) is 2.83. The fraction of sp³-hybridized carbons (Fsp3) is 0.643. The summed E-state index contributed by atoms with van der Waals surface area (Å²) in [6.45, 7) is 7.11. The van der Waals surface area contributed by atoms with Gasteiger partial charge >= 0.3 is 6.09 Å². The van der Waals surface area contributed by atoms with Crippen molar-refractivity contribution in [3.63, 3.8) is 0 Å². The van der Waals surface area contributed by atoms with Crippen LogP contribution in [0.5, 0.6) is 0 Å². The summed E-state index contributed by atoms with van der Waals surface area (Å²) in [5.41, 5.74) is -0.444. The Morgan fingerprint density at radius 3 is 2.52 bits per heavy atom. The number of nitrogens with zero attached hydrogens (tertiary/aromatic N) is 3. The van der Waals surface area contributed by atoms with Gasteiger partial charge < -0.3 is 15.0 Å². The van der Waals surface area contributed by atoms with Gasteiger partial charge in [-0.3, -0.25) is 0 Å². The Kier molecular flexibility index (Phi) is 3.43. The highest BCUT2D eigenvalue weighted by atomic mass is 35.5. The van der Waals surface area contributed by atoms with Crippen molar-refractivity contribution in [2.24, 2.45) is 11.8 Å². The Balaban J connectivity index is 1.50. The van der Waals surface area contributed by atoms with E-state index in [-0.39, 0.29) is 6.09 Å². The van der Waals surface area contributed by atoms with Gasteiger partial charge in [-0.25, -0.2) is 4.79 Å². The Morgan fingerprint density at radius 1 is 1.33 bits per heavy atom. The Bertz CT molecular complexity index is 531. The van der Waals surface area contributed by atoms with Gasteiger partial charge in [-0.15, -0.1) is 10.2 Å². The summed E-state index contributed by atoms with van der Waals surface area (Å²) in [4.78, 5) is 13.8. The van der Waals surface area contributed by atoms with Crippen LogP contribution < -0.4 is 5.32 Å². The maximum atomic E-state index is 12.0. The maximum Gasteiger partial charge on any atom is 0.410 e. The van der Waals surface area contributed by atoms with Crippen molar-refractivity contribution < 1.29 is 9.53 Å². The molecule has 0 unspecified atom stereocenters. The number of halogens is 1. The number of ether oxygens (including phenoxy) is 1. The first-order valence-corrected chi connectivity index (χ1v) is 7.45. The van der Waals surface area contributed by atoms with Crippen LogP contribution in [0.15, 0.2) is 12.1 Å². The molecule has 2 fully saturated rings. The molecule has 1 aliphatic heterocycles. The minimum atomic E-state index is -0.444. The summed E-state index contributed by atoms with van der Waals surface area (Å²) in [7, 11) is 0. The molecule has 1 aromatic rings. The summed E-state index contributed by atoms with van der Waals surface area (Å²) in [5.74, 6) is 1.66. The van der Waals surface area contributed by atoms with E-state index >= 15 is 0 Å². The largest absolute Gasteiger partial charge is 0.444 e. The zero-order valence-corrected chi connectivity index (χ0v) is 13.1. The van der Waals surface area contributed by atoms with Gasteiger partial charge in [-0.05, 0) is 32.9 Å². The summed E-state index contributed by atoms with van der Waals surface area (Å²) in [5, 5.41) is 11.5. The first kappa shape index (κ1) is 14.4. The Morgan fingerprint density at radius 2 is 2.00 bits per heavy atom. The van der Waals surface area contributed by atoms with E-state index in [0.29, 0.717) is 23.0 Å². The number of piperidine rings is 1. The molecule has 1 saturated heterocycles. The lowest BCUT2D eigenvalue weighted by molar-refractivity contribution is 0.0272. The number of carbonyl (C=O) groups excluding carboxylic acids is 1. The molecule has 114 valence electrons. The molecular formula is C14H19ClN4O2. The third-order valence-corrected chi connectivity index (χ3v) is 3.99. The molecule has 0 bridgehead atoms. The lowest BCUT2D eigenvalue weighted by atomic mass is 10.2. The third kappa shape index (κ3) is 3.20. The molecule has 3 atom stereocenters. The van der Waals surface area contributed by atoms with Crippen LogP contribution in [0.3, 0.4) is 0 Å². The second kappa shape index (κ2) is 5.02. The van der Waals surface area contributed by atoms with E-state index in [1.807, 2.05) is 26.8 Å². The predicted molar refractivity (Wildman–Crippen MR) is 79.2 cm³/mol. The molecular weight excluding hydrogens is 292 g/mol. The van der Waals surface area contributed by atoms with Crippen molar-refractivity contribution >= 4 is 23.5 Å². The first-order valence-electron chi connectivity index (χ1n) is 7.07. The highest BCUT2D eigenvalue weighted by Gasteiger charge is 2.57. The molecule has 2 heterocycles. The molecule has 1 amide bonds. The van der Waals surface area contributed by atoms with E-state index in [9.17, 15) is 4.79 Å². The number of likely N-dealkylation sites (tertiary alicyclic amines) is 1. The van der Waals surface area contributed by atoms with Gasteiger partial charge in [-0.1, -0.05) is 11.6 Å². The number of hydrogen-bond donors (Lipinski definition) is 1. The first-order chi connectivity index (χ1) is 9.83. The quantitative estimate of drug-likeness (QED) is 0.908. The van der Waals surface area contributed by atoms with Crippen LogP contribution in [-0.2, 0) is 4.74 Å². The SMILES string of the molecule is CC(C)(C)OC(=O)N1C[C@@H]2[C@H](C1)[C@H]2Nc1ccc(Cl)nn1. The van der Waals surface area contributed by atoms with Crippen molar-refractivity contribution in [2.45, 2.75) is 32.4 Å². The smallest absolute Gasteiger partial charge is 0.410 e. The van der Waals surface area contributed by atoms with E-state index in [1.165, 1.54) is 0 Å². The van der Waals surface area contributed by atoms with Gasteiger partial charge in [-0.2, -0.15) is 0 Å². The summed E-state index contributed by atoms with van der Waals surface area (Å²) < 4.78 is 5.39. The Hall–Kier alpha value is -1.56. The minimum Gasteiger partial charge on any atom is -0.444 e. The number of aromatic nitrogens is 2. The van der Waals surface area contributed by atoms with Crippen LogP contribution in [0.4, 0.5) is 10.6 Å². The minimum absolute atomic E-state index is 0.222. The van der Waals surface area contributed by atoms with Gasteiger partial charge in [0.05, 0.1) is 0 Å². The van der Waals surface area contributed by atoms with Gasteiger partial charge in [0, 0.05) is 31.0 Å². The topological polar surface area (TPSA) is 67.3 Å². The van der Waals surface area contributed by atoms with Crippen molar-refractivity contribution in [3.8, 4) is 0 Å². The molecule has 1 saturated carbocycles. The molecule has 1 N–H and O–H groups in total. The molecule has 1 aromatic heterocycles. The van der Waals surface area contributed by atoms with Crippen molar-refractivity contribution in [2.75, 3.05) is 18.4 Å². The van der Waals surface area contributed by atoms with E-state index in [0.717, 1.165) is 18.9 Å². The number of carbonyl (C=O) groups is 1. The van der Waals surface area contributed by atoms with Crippen molar-refractivity contribution in [1.82, 2.24) is 15.1 Å². The van der Waals surface area contributed by atoms with Crippen LogP contribution in [0, 0.1) is 11.8 Å². The standard InChI is InChI=1S/C14H19ClN4O2/c1-14(2,3)21-13(20)19-6-8-9(7-19)12(8)16-11-5-4-10(15)17-18-11/h4-5,8-9,12H,6-7H2,1-3H3,(H,16,18)/t8-,9+,12+. The van der Waals surface area contributed by atoms with Gasteiger partial charge in [0.1, 0.15) is 11.4 Å². The number of nitrogens with one attached hydrogen (secondary N) is 1. The lowest BCUT2D eigenvalue weighted by Crippen LogP contribution is -2.38. The second-order valence-corrected chi connectivity index (χ2v) is 7.01. The molecule has 3 rings (SSSR count). The highest BCUT2D eigenvalue weighted by molar-refractivity contribution is 6.29. The number of anilines is 1. The fourth-order valence-corrected chi connectivity index (χ4v) is 2.88. The van der Waals surface area contributed by atoms with Crippen LogP contribution in [0.25, 0.3) is 0 Å². The fourth-order valence-electron chi connectivity index (χ4n) is 2.78. The predicted octanol–water partition coefficient (Wildman–Crippen LogP) is 2.41. The van der Waals surface area contributed by atoms with E-state index < -0.39 is 5.60 Å². The lowest BCUT2D eigenvalue weighted by Gasteiger charge is -2.26. The monoisotopic (exact) mass is 310 g/mol. The zero-order chi connectivity index (χ0) is 15.2. The summed E-state index contributed by atoms with van der Waals surface area (Å²) in [6, 6.07) is 3.89. The molecule has 21 heavy (non-hydrogen) atoms. The number of rotatable bonds is 2. The van der Waals surface area contributed by atoms with Crippen LogP contribution >= 0.6 is 11.6 Å². The number of hydrogen-bond acceptors (Lipinski definition) is 5. The Labute approximate surface area is 128 Å². The number of fused-ring (bicyclic) bond motifs is 1. The van der Waals surface area contributed by atoms with Crippen molar-refractivity contribution in [3.05, 3.63) is 17.3 Å². The zero-order valence-electron chi connectivity index (χ0n) is 12.3. The molecule has 0 aromatic carbocycles. The van der Waals surface area contributed by atoms with E-state index in [2.05, 4.69) is 15.5 Å². The number of amides is 1. The molecule has 0 spiro atoms. The second-order valence-electron chi connectivity index (χ2n) is 6.62. The molecule has 1 aliphatic carbocycles. The molecule has 6 nitrogen and oxygen atoms in total. The summed E-state index contributed by atoms with van der Waals surface area (Å²) in [6.07, 6.45) is -0.222. The van der Waals surface area contributed by atoms with Crippen LogP contribution in [0.1, 0.15) is 20.8 Å². The van der Waals surface area contributed by atoms with E-state index in [4.69, 9.17) is 16.3 Å². The van der Waals surface area contributed by atoms with Gasteiger partial charge in [0.2, 0.25) is 0 Å². The van der Waals surface area contributed by atoms with Crippen molar-refractivity contribution in [1.29, 1.82) is 0 Å². The normalized spacial score (nSPS) is 27.2. The third-order valence-electron chi connectivity index (χ3n) is 3.79. The molecule has 2 aliphatic rings. The van der Waals surface area contributed by atoms with Crippen LogP contribution in [-0.4, -0.2) is 45.9 Å². The van der Waals surface area contributed by atoms with Gasteiger partial charge in [0.25, 0.3) is 0 Å². The molecule has 0 radical (unpaired) electrons. The van der Waals surface area contributed by atoms with E-state index in [1.54, 1.807) is 11.0 Å². The van der Waals surface area contributed by atoms with Crippen LogP contribution in [0.2, 0.25) is 5.15 Å². The average molecular weight is 311 g/mol. The summed E-state index contributed by atoms with van der Waals surface area (Å²) >= 11 is 5.71. The highest BCUT2D eigenvalue weighted by Crippen LogP contribution is 2.47. The maximum absolute atomic E-state index is 12.0. The van der Waals surface area contributed by atoms with Gasteiger partial charge in [0.15, 0.2) is 5.15 Å². The molecule has 7 heteroatoms.